The molecule has 0 fully saturated rings. The zero-order chi connectivity index (χ0) is 22.0. The van der Waals surface area contributed by atoms with Gasteiger partial charge in [0, 0.05) is 24.2 Å². The van der Waals surface area contributed by atoms with E-state index in [4.69, 9.17) is 4.74 Å². The molecule has 0 radical (unpaired) electrons. The van der Waals surface area contributed by atoms with E-state index in [9.17, 15) is 4.21 Å². The van der Waals surface area contributed by atoms with Gasteiger partial charge in [0.2, 0.25) is 0 Å². The van der Waals surface area contributed by atoms with Gasteiger partial charge in [0.1, 0.15) is 5.76 Å². The molecule has 2 unspecified atom stereocenters. The van der Waals surface area contributed by atoms with E-state index in [2.05, 4.69) is 35.7 Å². The van der Waals surface area contributed by atoms with Gasteiger partial charge in [-0.2, -0.15) is 0 Å². The van der Waals surface area contributed by atoms with Crippen molar-refractivity contribution >= 4 is 27.5 Å². The number of hydrogen-bond acceptors (Lipinski definition) is 4. The summed E-state index contributed by atoms with van der Waals surface area (Å²) in [5.41, 5.74) is 4.41. The standard InChI is InChI=1S/C21H30N3O2S.C2H6.Na/c1-7-14(3)12-26-20(8-2)16(5)19(22-6)13-27(25)21-23-17-10-9-15(4)11-18(17)24-21;1-2;/h9-11,14H,7-8,12-13H2,1-6H3;1-2H3;/q-1;;+1/b20-16+,22-19?;;. The van der Waals surface area contributed by atoms with Crippen LogP contribution in [0.4, 0.5) is 0 Å². The molecule has 1 aromatic carbocycles. The summed E-state index contributed by atoms with van der Waals surface area (Å²) < 4.78 is 18.8. The van der Waals surface area contributed by atoms with Crippen LogP contribution in [0.3, 0.4) is 0 Å². The molecule has 0 aliphatic heterocycles. The van der Waals surface area contributed by atoms with Crippen LogP contribution in [-0.4, -0.2) is 34.3 Å². The van der Waals surface area contributed by atoms with Crippen LogP contribution in [0.5, 0.6) is 0 Å². The second kappa shape index (κ2) is 15.0. The summed E-state index contributed by atoms with van der Waals surface area (Å²) in [6, 6.07) is 5.86. The van der Waals surface area contributed by atoms with E-state index in [1.165, 1.54) is 0 Å². The molecule has 0 saturated carbocycles. The molecule has 162 valence electrons. The van der Waals surface area contributed by atoms with Crippen LogP contribution in [0.2, 0.25) is 0 Å². The average molecular weight is 442 g/mol. The maximum atomic E-state index is 12.8. The van der Waals surface area contributed by atoms with Crippen LogP contribution in [0, 0.1) is 12.8 Å². The second-order valence-corrected chi connectivity index (χ2v) is 8.23. The van der Waals surface area contributed by atoms with Crippen LogP contribution < -0.4 is 34.5 Å². The van der Waals surface area contributed by atoms with Crippen LogP contribution in [0.25, 0.3) is 11.0 Å². The predicted octanol–water partition coefficient (Wildman–Crippen LogP) is 2.46. The van der Waals surface area contributed by atoms with Crippen molar-refractivity contribution < 1.29 is 38.5 Å². The molecule has 7 heteroatoms. The van der Waals surface area contributed by atoms with Gasteiger partial charge in [0.15, 0.2) is 0 Å². The number of aliphatic imine (C=N–C) groups is 1. The number of benzene rings is 1. The van der Waals surface area contributed by atoms with E-state index in [1.807, 2.05) is 45.9 Å². The van der Waals surface area contributed by atoms with E-state index in [0.29, 0.717) is 17.7 Å². The Balaban J connectivity index is 0.00000272. The van der Waals surface area contributed by atoms with Crippen molar-refractivity contribution in [1.82, 2.24) is 9.97 Å². The Labute approximate surface area is 206 Å². The summed E-state index contributed by atoms with van der Waals surface area (Å²) >= 11 is 0. The number of nitrogens with zero attached hydrogens (tertiary/aromatic N) is 3. The van der Waals surface area contributed by atoms with Crippen LogP contribution in [-0.2, 0) is 15.5 Å². The summed E-state index contributed by atoms with van der Waals surface area (Å²) in [4.78, 5) is 13.2. The SMILES string of the molecule is CC.CC/C(OCC(C)CC)=C(/C)C(CS(=O)c1nc2cc(C)ccc2[n-]1)=NC.[Na+]. The summed E-state index contributed by atoms with van der Waals surface area (Å²) in [5, 5.41) is 0.364. The van der Waals surface area contributed by atoms with Crippen molar-refractivity contribution in [2.24, 2.45) is 10.9 Å². The number of aromatic nitrogens is 2. The van der Waals surface area contributed by atoms with Crippen molar-refractivity contribution in [3.63, 3.8) is 0 Å². The molecule has 0 saturated heterocycles. The molecule has 0 bridgehead atoms. The van der Waals surface area contributed by atoms with Gasteiger partial charge in [0.05, 0.1) is 28.9 Å². The molecule has 0 N–H and O–H groups in total. The summed E-state index contributed by atoms with van der Waals surface area (Å²) in [7, 11) is 0.377. The normalized spacial score (nSPS) is 14.2. The first kappa shape index (κ1) is 29.1. The fraction of sp³-hybridized carbons (Fsp3) is 0.565. The van der Waals surface area contributed by atoms with Crippen LogP contribution in [0.15, 0.2) is 39.7 Å². The molecule has 0 aliphatic rings. The minimum Gasteiger partial charge on any atom is -0.497 e. The van der Waals surface area contributed by atoms with Crippen LogP contribution >= 0.6 is 0 Å². The number of aryl methyl sites for hydroxylation is 1. The first-order valence-corrected chi connectivity index (χ1v) is 11.8. The zero-order valence-electron chi connectivity index (χ0n) is 20.2. The molecular weight excluding hydrogens is 405 g/mol. The molecule has 0 amide bonds. The third-order valence-corrected chi connectivity index (χ3v) is 5.84. The molecule has 1 heterocycles. The van der Waals surface area contributed by atoms with Gasteiger partial charge < -0.3 is 14.7 Å². The fourth-order valence-corrected chi connectivity index (χ4v) is 3.80. The number of hydrogen-bond donors (Lipinski definition) is 0. The van der Waals surface area contributed by atoms with Gasteiger partial charge in [-0.3, -0.25) is 9.20 Å². The first-order chi connectivity index (χ1) is 13.9. The molecule has 1 aromatic heterocycles. The largest absolute Gasteiger partial charge is 1.00 e. The third-order valence-electron chi connectivity index (χ3n) is 4.72. The molecular formula is C23H36N3NaO2S. The molecule has 5 nitrogen and oxygen atoms in total. The Kier molecular flexibility index (Phi) is 14.5. The van der Waals surface area contributed by atoms with Gasteiger partial charge in [-0.25, -0.2) is 0 Å². The van der Waals surface area contributed by atoms with Crippen LogP contribution in [0.1, 0.15) is 59.9 Å². The predicted molar refractivity (Wildman–Crippen MR) is 124 cm³/mol. The Morgan fingerprint density at radius 3 is 2.53 bits per heavy atom. The zero-order valence-corrected chi connectivity index (χ0v) is 23.0. The maximum Gasteiger partial charge on any atom is 1.00 e. The average Bonchev–Trinajstić information content (AvgIpc) is 3.16. The summed E-state index contributed by atoms with van der Waals surface area (Å²) in [6.45, 7) is 15.1. The van der Waals surface area contributed by atoms with Crippen molar-refractivity contribution in [3.05, 3.63) is 35.1 Å². The van der Waals surface area contributed by atoms with Crippen molar-refractivity contribution in [3.8, 4) is 0 Å². The first-order valence-electron chi connectivity index (χ1n) is 10.5. The monoisotopic (exact) mass is 441 g/mol. The minimum absolute atomic E-state index is 0. The van der Waals surface area contributed by atoms with Gasteiger partial charge in [0.25, 0.3) is 0 Å². The van der Waals surface area contributed by atoms with Crippen molar-refractivity contribution in [2.45, 2.75) is 66.5 Å². The van der Waals surface area contributed by atoms with E-state index in [-0.39, 0.29) is 35.3 Å². The fourth-order valence-electron chi connectivity index (χ4n) is 2.68. The van der Waals surface area contributed by atoms with Gasteiger partial charge in [-0.05, 0) is 30.8 Å². The maximum absolute atomic E-state index is 12.8. The Morgan fingerprint density at radius 1 is 1.30 bits per heavy atom. The molecule has 2 aromatic rings. The Bertz CT molecular complexity index is 874. The summed E-state index contributed by atoms with van der Waals surface area (Å²) in [6.07, 6.45) is 1.86. The van der Waals surface area contributed by atoms with Gasteiger partial charge >= 0.3 is 29.6 Å². The third kappa shape index (κ3) is 8.29. The number of allylic oxidation sites excluding steroid dienone is 2. The number of ether oxygens (including phenoxy) is 1. The van der Waals surface area contributed by atoms with Gasteiger partial charge in [-0.15, -0.1) is 0 Å². The molecule has 0 aliphatic carbocycles. The van der Waals surface area contributed by atoms with Crippen molar-refractivity contribution in [1.29, 1.82) is 0 Å². The van der Waals surface area contributed by atoms with Gasteiger partial charge in [-0.1, -0.05) is 64.8 Å². The number of rotatable bonds is 9. The quantitative estimate of drug-likeness (QED) is 0.341. The molecule has 30 heavy (non-hydrogen) atoms. The molecule has 2 atom stereocenters. The Morgan fingerprint density at radius 2 is 1.97 bits per heavy atom. The number of fused-ring (bicyclic) bond motifs is 1. The minimum atomic E-state index is -1.35. The summed E-state index contributed by atoms with van der Waals surface area (Å²) in [5.74, 6) is 1.70. The molecule has 0 spiro atoms. The van der Waals surface area contributed by atoms with Crippen molar-refractivity contribution in [2.75, 3.05) is 19.4 Å². The Hall–Kier alpha value is -0.950. The van der Waals surface area contributed by atoms with E-state index in [0.717, 1.165) is 46.5 Å². The number of imidazole rings is 1. The second-order valence-electron chi connectivity index (χ2n) is 6.88. The topological polar surface area (TPSA) is 65.7 Å². The molecule has 2 rings (SSSR count). The van der Waals surface area contributed by atoms with E-state index in [1.54, 1.807) is 7.05 Å². The van der Waals surface area contributed by atoms with E-state index < -0.39 is 10.8 Å². The smallest absolute Gasteiger partial charge is 0.497 e. The van der Waals surface area contributed by atoms with E-state index >= 15 is 0 Å².